The van der Waals surface area contributed by atoms with Crippen molar-refractivity contribution in [3.8, 4) is 0 Å². The number of benzene rings is 1. The number of nitrogens with one attached hydrogen (secondary N) is 2. The summed E-state index contributed by atoms with van der Waals surface area (Å²) < 4.78 is 10.2. The number of hydrogen-bond donors (Lipinski definition) is 2. The van der Waals surface area contributed by atoms with Crippen LogP contribution in [0.4, 0.5) is 16.4 Å². The number of halogens is 1. The molecular weight excluding hydrogens is 328 g/mol. The minimum Gasteiger partial charge on any atom is -0.465 e. The summed E-state index contributed by atoms with van der Waals surface area (Å²) in [5.74, 6) is -0.109. The van der Waals surface area contributed by atoms with Crippen LogP contribution in [0.1, 0.15) is 10.4 Å². The highest BCUT2D eigenvalue weighted by molar-refractivity contribution is 9.10. The Bertz CT molecular complexity index is 622. The van der Waals surface area contributed by atoms with E-state index in [0.29, 0.717) is 21.8 Å². The molecule has 0 atom stereocenters. The molecule has 1 heterocycles. The normalized spacial score (nSPS) is 9.90. The number of ether oxygens (including phenoxy) is 1. The molecule has 0 aliphatic rings. The molecule has 0 saturated heterocycles. The van der Waals surface area contributed by atoms with Gasteiger partial charge in [0.05, 0.1) is 12.7 Å². The zero-order chi connectivity index (χ0) is 14.5. The van der Waals surface area contributed by atoms with Gasteiger partial charge in [-0.2, -0.15) is 0 Å². The van der Waals surface area contributed by atoms with Gasteiger partial charge >= 0.3 is 12.0 Å². The van der Waals surface area contributed by atoms with Crippen molar-refractivity contribution in [2.45, 2.75) is 0 Å². The molecule has 0 radical (unpaired) electrons. The molecule has 104 valence electrons. The van der Waals surface area contributed by atoms with Gasteiger partial charge in [0.1, 0.15) is 0 Å². The number of urea groups is 1. The van der Waals surface area contributed by atoms with Crippen LogP contribution in [-0.2, 0) is 4.74 Å². The van der Waals surface area contributed by atoms with Crippen LogP contribution in [0.2, 0.25) is 0 Å². The van der Waals surface area contributed by atoms with Crippen LogP contribution in [0, 0.1) is 0 Å². The predicted octanol–water partition coefficient (Wildman–Crippen LogP) is 3.47. The van der Waals surface area contributed by atoms with E-state index in [2.05, 4.69) is 31.3 Å². The average Bonchev–Trinajstić information content (AvgIpc) is 2.84. The molecule has 2 amide bonds. The van der Waals surface area contributed by atoms with Gasteiger partial charge in [0.15, 0.2) is 4.67 Å². The fourth-order valence-electron chi connectivity index (χ4n) is 1.46. The van der Waals surface area contributed by atoms with Crippen molar-refractivity contribution < 1.29 is 18.7 Å². The molecule has 0 saturated carbocycles. The summed E-state index contributed by atoms with van der Waals surface area (Å²) in [5, 5.41) is 5.13. The van der Waals surface area contributed by atoms with Crippen LogP contribution in [0.25, 0.3) is 0 Å². The molecule has 7 heteroatoms. The standard InChI is InChI=1S/C13H11BrN2O4/c1-19-12(17)8-2-4-9(5-3-8)15-13(18)16-11-7-6-10(14)20-11/h2-7H,1H3,(H2,15,16,18). The smallest absolute Gasteiger partial charge is 0.337 e. The van der Waals surface area contributed by atoms with E-state index in [-0.39, 0.29) is 0 Å². The van der Waals surface area contributed by atoms with Crippen LogP contribution < -0.4 is 10.6 Å². The first-order chi connectivity index (χ1) is 9.58. The largest absolute Gasteiger partial charge is 0.465 e. The van der Waals surface area contributed by atoms with Crippen molar-refractivity contribution in [1.29, 1.82) is 0 Å². The molecule has 20 heavy (non-hydrogen) atoms. The Morgan fingerprint density at radius 2 is 1.80 bits per heavy atom. The summed E-state index contributed by atoms with van der Waals surface area (Å²) in [6.45, 7) is 0. The molecule has 1 aromatic carbocycles. The molecule has 2 N–H and O–H groups in total. The van der Waals surface area contributed by atoms with Gasteiger partial charge in [-0.15, -0.1) is 0 Å². The third-order valence-corrected chi connectivity index (χ3v) is 2.80. The molecule has 0 fully saturated rings. The Balaban J connectivity index is 1.96. The average molecular weight is 339 g/mol. The van der Waals surface area contributed by atoms with Crippen molar-refractivity contribution in [2.75, 3.05) is 17.7 Å². The van der Waals surface area contributed by atoms with Crippen LogP contribution in [0.5, 0.6) is 0 Å². The third kappa shape index (κ3) is 3.61. The van der Waals surface area contributed by atoms with Gasteiger partial charge in [-0.05, 0) is 46.3 Å². The molecular formula is C13H11BrN2O4. The van der Waals surface area contributed by atoms with E-state index in [1.807, 2.05) is 0 Å². The van der Waals surface area contributed by atoms with Gasteiger partial charge in [-0.3, -0.25) is 5.32 Å². The summed E-state index contributed by atoms with van der Waals surface area (Å²) in [4.78, 5) is 22.9. The van der Waals surface area contributed by atoms with Gasteiger partial charge < -0.3 is 14.5 Å². The third-order valence-electron chi connectivity index (χ3n) is 2.37. The number of hydrogen-bond acceptors (Lipinski definition) is 4. The quantitative estimate of drug-likeness (QED) is 0.839. The van der Waals surface area contributed by atoms with E-state index in [9.17, 15) is 9.59 Å². The SMILES string of the molecule is COC(=O)c1ccc(NC(=O)Nc2ccc(Br)o2)cc1. The first-order valence-corrected chi connectivity index (χ1v) is 6.39. The number of esters is 1. The van der Waals surface area contributed by atoms with Crippen molar-refractivity contribution >= 4 is 39.5 Å². The minimum absolute atomic E-state index is 0.320. The number of rotatable bonds is 3. The second-order valence-electron chi connectivity index (χ2n) is 3.75. The Morgan fingerprint density at radius 1 is 1.10 bits per heavy atom. The predicted molar refractivity (Wildman–Crippen MR) is 76.8 cm³/mol. The molecule has 0 aliphatic heterocycles. The number of anilines is 2. The summed E-state index contributed by atoms with van der Waals surface area (Å²) in [7, 11) is 1.31. The number of carbonyl (C=O) groups is 2. The van der Waals surface area contributed by atoms with Crippen LogP contribution in [0.15, 0.2) is 45.5 Å². The summed E-state index contributed by atoms with van der Waals surface area (Å²) in [6.07, 6.45) is 0. The maximum absolute atomic E-state index is 11.7. The van der Waals surface area contributed by atoms with E-state index in [1.54, 1.807) is 36.4 Å². The fourth-order valence-corrected chi connectivity index (χ4v) is 1.77. The van der Waals surface area contributed by atoms with E-state index < -0.39 is 12.0 Å². The number of furan rings is 1. The zero-order valence-electron chi connectivity index (χ0n) is 10.5. The topological polar surface area (TPSA) is 80.6 Å². The molecule has 6 nitrogen and oxygen atoms in total. The molecule has 1 aromatic heterocycles. The lowest BCUT2D eigenvalue weighted by atomic mass is 10.2. The van der Waals surface area contributed by atoms with Gasteiger partial charge in [0.2, 0.25) is 5.88 Å². The van der Waals surface area contributed by atoms with Crippen LogP contribution in [0.3, 0.4) is 0 Å². The lowest BCUT2D eigenvalue weighted by Gasteiger charge is -2.06. The second kappa shape index (κ2) is 6.25. The minimum atomic E-state index is -0.447. The van der Waals surface area contributed by atoms with Gasteiger partial charge in [-0.1, -0.05) is 0 Å². The van der Waals surface area contributed by atoms with Gasteiger partial charge in [0.25, 0.3) is 0 Å². The maximum Gasteiger partial charge on any atom is 0.337 e. The maximum atomic E-state index is 11.7. The van der Waals surface area contributed by atoms with Crippen molar-refractivity contribution in [2.24, 2.45) is 0 Å². The van der Waals surface area contributed by atoms with E-state index >= 15 is 0 Å². The first kappa shape index (κ1) is 14.1. The van der Waals surface area contributed by atoms with Crippen LogP contribution >= 0.6 is 15.9 Å². The number of carbonyl (C=O) groups excluding carboxylic acids is 2. The summed E-state index contributed by atoms with van der Waals surface area (Å²) >= 11 is 3.14. The van der Waals surface area contributed by atoms with Crippen molar-refractivity contribution in [3.05, 3.63) is 46.6 Å². The fraction of sp³-hybridized carbons (Fsp3) is 0.0769. The Morgan fingerprint density at radius 3 is 2.35 bits per heavy atom. The van der Waals surface area contributed by atoms with Crippen molar-refractivity contribution in [3.63, 3.8) is 0 Å². The summed E-state index contributed by atoms with van der Waals surface area (Å²) in [5.41, 5.74) is 0.953. The molecule has 2 aromatic rings. The molecule has 0 bridgehead atoms. The van der Waals surface area contributed by atoms with Gasteiger partial charge in [0, 0.05) is 11.8 Å². The lowest BCUT2D eigenvalue weighted by molar-refractivity contribution is 0.0601. The monoisotopic (exact) mass is 338 g/mol. The Hall–Kier alpha value is -2.28. The van der Waals surface area contributed by atoms with Crippen LogP contribution in [-0.4, -0.2) is 19.1 Å². The highest BCUT2D eigenvalue weighted by atomic mass is 79.9. The first-order valence-electron chi connectivity index (χ1n) is 5.60. The van der Waals surface area contributed by atoms with Gasteiger partial charge in [-0.25, -0.2) is 9.59 Å². The lowest BCUT2D eigenvalue weighted by Crippen LogP contribution is -2.19. The van der Waals surface area contributed by atoms with E-state index in [4.69, 9.17) is 4.42 Å². The Kier molecular flexibility index (Phi) is 4.41. The van der Waals surface area contributed by atoms with E-state index in [0.717, 1.165) is 0 Å². The molecule has 0 unspecified atom stereocenters. The molecule has 0 aliphatic carbocycles. The summed E-state index contributed by atoms with van der Waals surface area (Å²) in [6, 6.07) is 9.16. The number of methoxy groups -OCH3 is 1. The Labute approximate surface area is 123 Å². The van der Waals surface area contributed by atoms with Crippen molar-refractivity contribution in [1.82, 2.24) is 0 Å². The highest BCUT2D eigenvalue weighted by Crippen LogP contribution is 2.18. The second-order valence-corrected chi connectivity index (χ2v) is 4.53. The molecule has 2 rings (SSSR count). The van der Waals surface area contributed by atoms with E-state index in [1.165, 1.54) is 7.11 Å². The molecule has 0 spiro atoms. The number of amides is 2. The zero-order valence-corrected chi connectivity index (χ0v) is 12.1. The highest BCUT2D eigenvalue weighted by Gasteiger charge is 2.07.